The van der Waals surface area contributed by atoms with Gasteiger partial charge < -0.3 is 19.5 Å². The van der Waals surface area contributed by atoms with Crippen LogP contribution in [0.1, 0.15) is 17.0 Å². The molecule has 1 heterocycles. The monoisotopic (exact) mass is 284 g/mol. The second-order valence-corrected chi connectivity index (χ2v) is 5.25. The molecular weight excluding hydrogens is 267 g/mol. The molecule has 1 unspecified atom stereocenters. The highest BCUT2D eigenvalue weighted by Gasteiger charge is 2.24. The van der Waals surface area contributed by atoms with E-state index in [1.54, 1.807) is 12.1 Å². The van der Waals surface area contributed by atoms with E-state index in [2.05, 4.69) is 6.07 Å². The van der Waals surface area contributed by atoms with Crippen molar-refractivity contribution in [3.63, 3.8) is 0 Å². The Morgan fingerprint density at radius 2 is 2.05 bits per heavy atom. The molecule has 0 saturated heterocycles. The number of ether oxygens (including phenoxy) is 2. The lowest BCUT2D eigenvalue weighted by Gasteiger charge is -2.13. The van der Waals surface area contributed by atoms with Crippen LogP contribution in [0.25, 0.3) is 0 Å². The largest absolute Gasteiger partial charge is 0.493 e. The molecule has 21 heavy (non-hydrogen) atoms. The lowest BCUT2D eigenvalue weighted by atomic mass is 9.77. The Balaban J connectivity index is 1.68. The summed E-state index contributed by atoms with van der Waals surface area (Å²) in [5, 5.41) is 18.4. The van der Waals surface area contributed by atoms with Crippen LogP contribution in [0.5, 0.6) is 11.5 Å². The van der Waals surface area contributed by atoms with E-state index < -0.39 is 7.12 Å². The second kappa shape index (κ2) is 5.80. The Hall–Kier alpha value is -1.98. The third-order valence-electron chi connectivity index (χ3n) is 3.77. The number of benzene rings is 2. The molecule has 0 saturated carbocycles. The van der Waals surface area contributed by atoms with Gasteiger partial charge in [0.2, 0.25) is 0 Å². The molecule has 0 fully saturated rings. The van der Waals surface area contributed by atoms with E-state index in [0.29, 0.717) is 18.7 Å². The molecule has 0 aliphatic carbocycles. The molecule has 1 aliphatic heterocycles. The molecule has 0 bridgehead atoms. The van der Waals surface area contributed by atoms with Gasteiger partial charge in [0.05, 0.1) is 19.1 Å². The van der Waals surface area contributed by atoms with Gasteiger partial charge in [-0.2, -0.15) is 0 Å². The van der Waals surface area contributed by atoms with Crippen molar-refractivity contribution in [3.05, 3.63) is 53.6 Å². The maximum absolute atomic E-state index is 9.21. The summed E-state index contributed by atoms with van der Waals surface area (Å²) in [6.45, 7) is 3.00. The fourth-order valence-electron chi connectivity index (χ4n) is 2.59. The zero-order valence-corrected chi connectivity index (χ0v) is 11.8. The van der Waals surface area contributed by atoms with Crippen LogP contribution in [-0.4, -0.2) is 30.4 Å². The Morgan fingerprint density at radius 1 is 1.24 bits per heavy atom. The van der Waals surface area contributed by atoms with Gasteiger partial charge in [0, 0.05) is 5.56 Å². The average molecular weight is 284 g/mol. The standard InChI is InChI=1S/C16H17BO4/c1-11-8-13(6-7-15(11)17(18)19)20-9-12-10-21-16-5-3-2-4-14(12)16/h2-8,12,18-19H,9-10H2,1H3. The van der Waals surface area contributed by atoms with E-state index in [4.69, 9.17) is 9.47 Å². The maximum Gasteiger partial charge on any atom is 0.488 e. The highest BCUT2D eigenvalue weighted by Crippen LogP contribution is 2.33. The first-order valence-corrected chi connectivity index (χ1v) is 6.96. The van der Waals surface area contributed by atoms with E-state index in [9.17, 15) is 10.0 Å². The number of para-hydroxylation sites is 1. The van der Waals surface area contributed by atoms with Crippen molar-refractivity contribution in [2.45, 2.75) is 12.8 Å². The molecule has 108 valence electrons. The third kappa shape index (κ3) is 2.89. The van der Waals surface area contributed by atoms with Gasteiger partial charge in [0.25, 0.3) is 0 Å². The van der Waals surface area contributed by atoms with Gasteiger partial charge in [-0.1, -0.05) is 24.3 Å². The zero-order chi connectivity index (χ0) is 14.8. The highest BCUT2D eigenvalue weighted by molar-refractivity contribution is 6.59. The van der Waals surface area contributed by atoms with Crippen molar-refractivity contribution in [3.8, 4) is 11.5 Å². The first-order chi connectivity index (χ1) is 10.1. The summed E-state index contributed by atoms with van der Waals surface area (Å²) in [7, 11) is -1.45. The molecule has 1 atom stereocenters. The molecule has 3 rings (SSSR count). The Labute approximate surface area is 124 Å². The van der Waals surface area contributed by atoms with Gasteiger partial charge in [-0.25, -0.2) is 0 Å². The van der Waals surface area contributed by atoms with Crippen LogP contribution in [0.3, 0.4) is 0 Å². The minimum absolute atomic E-state index is 0.226. The molecule has 4 nitrogen and oxygen atoms in total. The molecule has 2 N–H and O–H groups in total. The quantitative estimate of drug-likeness (QED) is 0.829. The molecule has 2 aromatic carbocycles. The summed E-state index contributed by atoms with van der Waals surface area (Å²) < 4.78 is 11.4. The highest BCUT2D eigenvalue weighted by atomic mass is 16.5. The number of hydrogen-bond acceptors (Lipinski definition) is 4. The van der Waals surface area contributed by atoms with Gasteiger partial charge >= 0.3 is 7.12 Å². The SMILES string of the molecule is Cc1cc(OCC2COc3ccccc32)ccc1B(O)O. The van der Waals surface area contributed by atoms with Crippen LogP contribution in [0, 0.1) is 6.92 Å². The molecule has 2 aromatic rings. The first kappa shape index (κ1) is 14.0. The molecule has 5 heteroatoms. The van der Waals surface area contributed by atoms with Gasteiger partial charge in [-0.15, -0.1) is 0 Å². The maximum atomic E-state index is 9.21. The van der Waals surface area contributed by atoms with Crippen LogP contribution in [0.4, 0.5) is 0 Å². The fraction of sp³-hybridized carbons (Fsp3) is 0.250. The van der Waals surface area contributed by atoms with Crippen LogP contribution < -0.4 is 14.9 Å². The summed E-state index contributed by atoms with van der Waals surface area (Å²) in [5.41, 5.74) is 2.47. The molecule has 0 spiro atoms. The van der Waals surface area contributed by atoms with E-state index >= 15 is 0 Å². The van der Waals surface area contributed by atoms with Crippen LogP contribution in [0.2, 0.25) is 0 Å². The Kier molecular flexibility index (Phi) is 3.86. The van der Waals surface area contributed by atoms with Crippen molar-refractivity contribution in [2.75, 3.05) is 13.2 Å². The van der Waals surface area contributed by atoms with Gasteiger partial charge in [-0.05, 0) is 36.1 Å². The van der Waals surface area contributed by atoms with Gasteiger partial charge in [-0.3, -0.25) is 0 Å². The molecule has 0 amide bonds. The van der Waals surface area contributed by atoms with E-state index in [-0.39, 0.29) is 5.92 Å². The van der Waals surface area contributed by atoms with Crippen molar-refractivity contribution < 1.29 is 19.5 Å². The Morgan fingerprint density at radius 3 is 2.81 bits per heavy atom. The molecule has 1 aliphatic rings. The zero-order valence-electron chi connectivity index (χ0n) is 11.8. The van der Waals surface area contributed by atoms with Crippen LogP contribution in [0.15, 0.2) is 42.5 Å². The van der Waals surface area contributed by atoms with Crippen molar-refractivity contribution >= 4 is 12.6 Å². The van der Waals surface area contributed by atoms with Crippen molar-refractivity contribution in [1.29, 1.82) is 0 Å². The van der Waals surface area contributed by atoms with E-state index in [1.165, 1.54) is 5.56 Å². The van der Waals surface area contributed by atoms with Gasteiger partial charge in [0.15, 0.2) is 0 Å². The van der Waals surface area contributed by atoms with Crippen LogP contribution in [-0.2, 0) is 0 Å². The summed E-state index contributed by atoms with van der Waals surface area (Å²) >= 11 is 0. The Bertz CT molecular complexity index is 642. The van der Waals surface area contributed by atoms with Crippen molar-refractivity contribution in [2.24, 2.45) is 0 Å². The average Bonchev–Trinajstić information content (AvgIpc) is 2.88. The summed E-state index contributed by atoms with van der Waals surface area (Å²) in [6, 6.07) is 13.2. The van der Waals surface area contributed by atoms with Crippen LogP contribution >= 0.6 is 0 Å². The number of fused-ring (bicyclic) bond motifs is 1. The minimum atomic E-state index is -1.45. The van der Waals surface area contributed by atoms with E-state index in [0.717, 1.165) is 17.1 Å². The topological polar surface area (TPSA) is 58.9 Å². The molecular formula is C16H17BO4. The third-order valence-corrected chi connectivity index (χ3v) is 3.77. The lowest BCUT2D eigenvalue weighted by molar-refractivity contribution is 0.248. The molecule has 0 aromatic heterocycles. The summed E-state index contributed by atoms with van der Waals surface area (Å²) in [6.07, 6.45) is 0. The predicted octanol–water partition coefficient (Wildman–Crippen LogP) is 1.23. The van der Waals surface area contributed by atoms with Gasteiger partial charge in [0.1, 0.15) is 11.5 Å². The lowest BCUT2D eigenvalue weighted by Crippen LogP contribution is -2.31. The smallest absolute Gasteiger partial charge is 0.488 e. The first-order valence-electron chi connectivity index (χ1n) is 6.96. The number of rotatable bonds is 4. The minimum Gasteiger partial charge on any atom is -0.493 e. The summed E-state index contributed by atoms with van der Waals surface area (Å²) in [4.78, 5) is 0. The van der Waals surface area contributed by atoms with Crippen molar-refractivity contribution in [1.82, 2.24) is 0 Å². The predicted molar refractivity (Wildman–Crippen MR) is 81.2 cm³/mol. The fourth-order valence-corrected chi connectivity index (χ4v) is 2.59. The molecule has 0 radical (unpaired) electrons. The second-order valence-electron chi connectivity index (χ2n) is 5.25. The normalized spacial score (nSPS) is 16.2. The van der Waals surface area contributed by atoms with E-state index in [1.807, 2.05) is 31.2 Å². The number of aryl methyl sites for hydroxylation is 1. The summed E-state index contributed by atoms with van der Waals surface area (Å²) in [5.74, 6) is 1.88. The number of hydrogen-bond donors (Lipinski definition) is 2.